The maximum atomic E-state index is 2.76. The summed E-state index contributed by atoms with van der Waals surface area (Å²) in [4.78, 5) is 4.09. The summed E-state index contributed by atoms with van der Waals surface area (Å²) in [6, 6.07) is 46.9. The zero-order valence-electron chi connectivity index (χ0n) is 32.2. The van der Waals surface area contributed by atoms with Crippen LogP contribution in [0.2, 0.25) is 0 Å². The van der Waals surface area contributed by atoms with Crippen molar-refractivity contribution in [3.63, 3.8) is 0 Å². The molecule has 0 saturated carbocycles. The molecule has 5 heteroatoms. The number of rotatable bonds is 1. The van der Waals surface area contributed by atoms with Gasteiger partial charge in [-0.15, -0.1) is 22.7 Å². The van der Waals surface area contributed by atoms with Gasteiger partial charge in [0.25, 0.3) is 0 Å². The first kappa shape index (κ1) is 31.8. The predicted molar refractivity (Wildman–Crippen MR) is 246 cm³/mol. The molecule has 0 saturated heterocycles. The van der Waals surface area contributed by atoms with Crippen LogP contribution in [-0.2, 0) is 10.8 Å². The van der Waals surface area contributed by atoms with Crippen molar-refractivity contribution in [1.82, 2.24) is 4.48 Å². The quantitative estimate of drug-likeness (QED) is 0.152. The molecule has 13 rings (SSSR count). The Bertz CT molecular complexity index is 3410. The fourth-order valence-electron chi connectivity index (χ4n) is 11.1. The minimum absolute atomic E-state index is 0.0155. The summed E-state index contributed by atoms with van der Waals surface area (Å²) in [5, 5.41) is 9.42. The van der Waals surface area contributed by atoms with Crippen molar-refractivity contribution >= 4 is 120 Å². The van der Waals surface area contributed by atoms with Gasteiger partial charge in [-0.2, -0.15) is 0 Å². The van der Waals surface area contributed by atoms with Crippen molar-refractivity contribution in [2.45, 2.75) is 58.3 Å². The topological polar surface area (TPSA) is 8.17 Å². The summed E-state index contributed by atoms with van der Waals surface area (Å²) >= 11 is 3.92. The highest BCUT2D eigenvalue weighted by molar-refractivity contribution is 7.27. The molecule has 0 amide bonds. The normalized spacial score (nSPS) is 16.4. The molecule has 2 nitrogen and oxygen atoms in total. The van der Waals surface area contributed by atoms with Crippen molar-refractivity contribution in [2.24, 2.45) is 0 Å². The second-order valence-corrected chi connectivity index (χ2v) is 20.0. The SMILES string of the molecule is Cc1cc2c(cc1N1c3cc4ccccc4c4c3B(c3ccc5c(sc6ccccc65)c31)n1c3sc5ccccc5c3c3cccc-4c31)C(C)(C)CCC2(C)C. The lowest BCUT2D eigenvalue weighted by Gasteiger charge is -2.45. The first-order valence-corrected chi connectivity index (χ1v) is 21.7. The van der Waals surface area contributed by atoms with Crippen LogP contribution in [0.1, 0.15) is 57.2 Å². The Hall–Kier alpha value is -5.36. The number of benzene rings is 7. The monoisotopic (exact) mass is 754 g/mol. The van der Waals surface area contributed by atoms with Gasteiger partial charge < -0.3 is 9.38 Å². The van der Waals surface area contributed by atoms with E-state index in [9.17, 15) is 0 Å². The molecule has 0 fully saturated rings. The van der Waals surface area contributed by atoms with Crippen molar-refractivity contribution in [3.05, 3.63) is 138 Å². The van der Waals surface area contributed by atoms with Gasteiger partial charge in [-0.05, 0) is 98.8 Å². The van der Waals surface area contributed by atoms with Crippen molar-refractivity contribution in [3.8, 4) is 11.1 Å². The van der Waals surface area contributed by atoms with Gasteiger partial charge in [-0.1, -0.05) is 125 Å². The molecular weight excluding hydrogens is 716 g/mol. The highest BCUT2D eigenvalue weighted by atomic mass is 32.1. The zero-order chi connectivity index (χ0) is 37.4. The Morgan fingerprint density at radius 1 is 0.607 bits per heavy atom. The van der Waals surface area contributed by atoms with Crippen molar-refractivity contribution in [2.75, 3.05) is 4.90 Å². The first-order chi connectivity index (χ1) is 27.2. The average Bonchev–Trinajstić information content (AvgIpc) is 3.88. The van der Waals surface area contributed by atoms with E-state index < -0.39 is 0 Å². The minimum atomic E-state index is 0.0155. The number of fused-ring (bicyclic) bond motifs is 16. The Labute approximate surface area is 334 Å². The van der Waals surface area contributed by atoms with Crippen molar-refractivity contribution < 1.29 is 0 Å². The first-order valence-electron chi connectivity index (χ1n) is 20.1. The number of nitrogens with zero attached hydrogens (tertiary/aromatic N) is 2. The number of anilines is 3. The second kappa shape index (κ2) is 10.5. The molecule has 1 aliphatic carbocycles. The summed E-state index contributed by atoms with van der Waals surface area (Å²) in [6.07, 6.45) is 2.39. The largest absolute Gasteiger partial charge is 0.367 e. The molecule has 268 valence electrons. The lowest BCUT2D eigenvalue weighted by molar-refractivity contribution is 0.332. The van der Waals surface area contributed by atoms with Crippen LogP contribution in [0.5, 0.6) is 0 Å². The van der Waals surface area contributed by atoms with Crippen LogP contribution in [-0.4, -0.2) is 11.3 Å². The van der Waals surface area contributed by atoms with Crippen LogP contribution < -0.4 is 15.8 Å². The van der Waals surface area contributed by atoms with Gasteiger partial charge in [-0.25, -0.2) is 0 Å². The Kier molecular flexibility index (Phi) is 5.98. The van der Waals surface area contributed by atoms with Gasteiger partial charge in [-0.3, -0.25) is 0 Å². The van der Waals surface area contributed by atoms with E-state index in [-0.39, 0.29) is 17.7 Å². The number of para-hydroxylation sites is 1. The molecule has 3 aliphatic rings. The van der Waals surface area contributed by atoms with E-state index >= 15 is 0 Å². The van der Waals surface area contributed by atoms with Gasteiger partial charge in [0, 0.05) is 58.8 Å². The molecule has 0 N–H and O–H groups in total. The van der Waals surface area contributed by atoms with Crippen LogP contribution in [0.3, 0.4) is 0 Å². The number of hydrogen-bond donors (Lipinski definition) is 0. The number of aromatic nitrogens is 1. The second-order valence-electron chi connectivity index (χ2n) is 17.9. The molecule has 56 heavy (non-hydrogen) atoms. The average molecular weight is 755 g/mol. The van der Waals surface area contributed by atoms with E-state index in [1.54, 1.807) is 0 Å². The molecule has 0 unspecified atom stereocenters. The van der Waals surface area contributed by atoms with Crippen LogP contribution >= 0.6 is 22.7 Å². The van der Waals surface area contributed by atoms with Crippen LogP contribution in [0.4, 0.5) is 17.1 Å². The summed E-state index contributed by atoms with van der Waals surface area (Å²) < 4.78 is 6.82. The maximum absolute atomic E-state index is 2.76. The molecule has 0 bridgehead atoms. The third kappa shape index (κ3) is 3.84. The molecule has 0 atom stereocenters. The predicted octanol–water partition coefficient (Wildman–Crippen LogP) is 13.6. The fourth-order valence-corrected chi connectivity index (χ4v) is 13.6. The molecule has 7 aromatic carbocycles. The van der Waals surface area contributed by atoms with Crippen molar-refractivity contribution in [1.29, 1.82) is 0 Å². The maximum Gasteiger partial charge on any atom is 0.333 e. The minimum Gasteiger partial charge on any atom is -0.367 e. The highest BCUT2D eigenvalue weighted by Gasteiger charge is 2.46. The molecule has 3 aromatic heterocycles. The third-order valence-corrected chi connectivity index (χ3v) is 16.3. The number of thiophene rings is 2. The zero-order valence-corrected chi connectivity index (χ0v) is 33.9. The molecule has 2 aliphatic heterocycles. The summed E-state index contributed by atoms with van der Waals surface area (Å²) in [6.45, 7) is 12.2. The molecule has 5 heterocycles. The van der Waals surface area contributed by atoms with Gasteiger partial charge >= 0.3 is 6.85 Å². The van der Waals surface area contributed by atoms with E-state index in [2.05, 4.69) is 165 Å². The van der Waals surface area contributed by atoms with Crippen LogP contribution in [0.15, 0.2) is 121 Å². The Balaban J connectivity index is 1.25. The van der Waals surface area contributed by atoms with Gasteiger partial charge in [0.1, 0.15) is 0 Å². The molecule has 0 spiro atoms. The standard InChI is InChI=1S/C51H39BN2S2/c1-28-25-36-37(51(4,5)24-23-50(36,2)3)27-39(28)53-40-26-29-13-6-7-14-30(29)43-34-17-12-18-35-44-33-16-9-11-20-42(33)56-49(44)54(46(34)35)52(45(40)43)38-22-21-32-31-15-8-10-19-41(31)55-48(32)47(38)53/h6-22,25-27H,23-24H2,1-5H3. The van der Waals surface area contributed by atoms with E-state index in [0.29, 0.717) is 0 Å². The fraction of sp³-hybridized carbons (Fsp3) is 0.176. The van der Waals surface area contributed by atoms with Gasteiger partial charge in [0.15, 0.2) is 0 Å². The Morgan fingerprint density at radius 3 is 2.09 bits per heavy atom. The van der Waals surface area contributed by atoms with Crippen LogP contribution in [0.25, 0.3) is 73.3 Å². The Morgan fingerprint density at radius 2 is 1.29 bits per heavy atom. The molecular formula is C51H39BN2S2. The third-order valence-electron chi connectivity index (χ3n) is 13.9. The lowest BCUT2D eigenvalue weighted by Crippen LogP contribution is -2.56. The van der Waals surface area contributed by atoms with Crippen LogP contribution in [0, 0.1) is 6.92 Å². The van der Waals surface area contributed by atoms with E-state index in [1.807, 2.05) is 22.7 Å². The summed E-state index contributed by atoms with van der Waals surface area (Å²) in [5.41, 5.74) is 15.4. The summed E-state index contributed by atoms with van der Waals surface area (Å²) in [7, 11) is 0. The van der Waals surface area contributed by atoms with Gasteiger partial charge in [0.05, 0.1) is 15.2 Å². The molecule has 0 radical (unpaired) electrons. The number of aryl methyl sites for hydroxylation is 1. The smallest absolute Gasteiger partial charge is 0.333 e. The highest BCUT2D eigenvalue weighted by Crippen LogP contribution is 2.54. The van der Waals surface area contributed by atoms with E-state index in [0.717, 1.165) is 0 Å². The molecule has 10 aromatic rings. The van der Waals surface area contributed by atoms with E-state index in [1.165, 1.54) is 131 Å². The van der Waals surface area contributed by atoms with E-state index in [4.69, 9.17) is 0 Å². The van der Waals surface area contributed by atoms with Gasteiger partial charge in [0.2, 0.25) is 0 Å². The number of hydrogen-bond acceptors (Lipinski definition) is 3. The summed E-state index contributed by atoms with van der Waals surface area (Å²) in [5.74, 6) is 0. The lowest BCUT2D eigenvalue weighted by atomic mass is 9.45.